The Labute approximate surface area is 240 Å². The zero-order valence-electron chi connectivity index (χ0n) is 22.6. The van der Waals surface area contributed by atoms with Crippen LogP contribution in [0.25, 0.3) is 0 Å². The Bertz CT molecular complexity index is 1380. The van der Waals surface area contributed by atoms with Gasteiger partial charge in [-0.25, -0.2) is 0 Å². The highest BCUT2D eigenvalue weighted by Crippen LogP contribution is 2.39. The largest absolute Gasteiger partial charge is 0.398 e. The normalized spacial score (nSPS) is 18.7. The summed E-state index contributed by atoms with van der Waals surface area (Å²) in [6, 6.07) is 21.4. The number of piperazine rings is 1. The maximum atomic E-state index is 13.4. The topological polar surface area (TPSA) is 94.7 Å². The van der Waals surface area contributed by atoms with Crippen molar-refractivity contribution in [2.24, 2.45) is 5.92 Å². The lowest BCUT2D eigenvalue weighted by molar-refractivity contribution is -0.0660. The molecule has 1 aliphatic carbocycles. The van der Waals surface area contributed by atoms with Crippen LogP contribution in [-0.4, -0.2) is 62.0 Å². The monoisotopic (exact) mass is 557 g/mol. The molecule has 4 N–H and O–H groups in total. The third kappa shape index (κ3) is 5.87. The Hall–Kier alpha value is -3.39. The van der Waals surface area contributed by atoms with Crippen molar-refractivity contribution in [3.8, 4) is 0 Å². The summed E-state index contributed by atoms with van der Waals surface area (Å²) >= 11 is 6.49. The average Bonchev–Trinajstić information content (AvgIpc) is 3.77. The van der Waals surface area contributed by atoms with E-state index in [0.717, 1.165) is 62.6 Å². The zero-order valence-corrected chi connectivity index (χ0v) is 23.4. The summed E-state index contributed by atoms with van der Waals surface area (Å²) in [6.45, 7) is 5.74. The van der Waals surface area contributed by atoms with Gasteiger partial charge in [-0.15, -0.1) is 0 Å². The number of hydrogen-bond acceptors (Lipinski definition) is 6. The van der Waals surface area contributed by atoms with Gasteiger partial charge in [-0.1, -0.05) is 54.8 Å². The van der Waals surface area contributed by atoms with Gasteiger partial charge in [-0.2, -0.15) is 0 Å². The van der Waals surface area contributed by atoms with Crippen LogP contribution in [0.4, 0.5) is 11.4 Å². The highest BCUT2D eigenvalue weighted by Gasteiger charge is 2.30. The van der Waals surface area contributed by atoms with Crippen molar-refractivity contribution in [3.05, 3.63) is 94.0 Å². The third-order valence-electron chi connectivity index (χ3n) is 8.41. The van der Waals surface area contributed by atoms with Crippen molar-refractivity contribution in [1.29, 1.82) is 5.41 Å². The first-order chi connectivity index (χ1) is 19.5. The van der Waals surface area contributed by atoms with Gasteiger partial charge in [0.2, 0.25) is 0 Å². The Morgan fingerprint density at radius 1 is 1.00 bits per heavy atom. The van der Waals surface area contributed by atoms with Crippen molar-refractivity contribution in [3.63, 3.8) is 0 Å². The van der Waals surface area contributed by atoms with E-state index >= 15 is 0 Å². The molecule has 2 saturated heterocycles. The van der Waals surface area contributed by atoms with Gasteiger partial charge in [-0.3, -0.25) is 15.1 Å². The lowest BCUT2D eigenvalue weighted by Crippen LogP contribution is -2.56. The van der Waals surface area contributed by atoms with E-state index in [1.807, 2.05) is 36.4 Å². The number of nitrogens with two attached hydrogens (primary N) is 1. The fourth-order valence-electron chi connectivity index (χ4n) is 5.64. The third-order valence-corrected chi connectivity index (χ3v) is 8.75. The first kappa shape index (κ1) is 26.8. The lowest BCUT2D eigenvalue weighted by Gasteiger charge is -2.43. The minimum absolute atomic E-state index is 0.161. The molecule has 1 amide bonds. The van der Waals surface area contributed by atoms with Crippen molar-refractivity contribution < 1.29 is 9.53 Å². The van der Waals surface area contributed by atoms with Crippen LogP contribution in [0, 0.1) is 11.3 Å². The highest BCUT2D eigenvalue weighted by atomic mass is 35.5. The number of amides is 1. The molecule has 3 aromatic carbocycles. The van der Waals surface area contributed by atoms with Crippen LogP contribution in [0.2, 0.25) is 5.02 Å². The number of hydrogen-bond donors (Lipinski definition) is 3. The summed E-state index contributed by atoms with van der Waals surface area (Å²) in [7, 11) is 0. The van der Waals surface area contributed by atoms with E-state index in [0.29, 0.717) is 39.5 Å². The molecule has 2 aliphatic heterocycles. The maximum Gasteiger partial charge on any atom is 0.251 e. The van der Waals surface area contributed by atoms with E-state index in [4.69, 9.17) is 27.5 Å². The number of rotatable bonds is 9. The second-order valence-corrected chi connectivity index (χ2v) is 11.6. The molecule has 7 nitrogen and oxygen atoms in total. The predicted octanol–water partition coefficient (Wildman–Crippen LogP) is 5.13. The van der Waals surface area contributed by atoms with Gasteiger partial charge in [0.1, 0.15) is 0 Å². The average molecular weight is 558 g/mol. The van der Waals surface area contributed by atoms with E-state index in [1.54, 1.807) is 18.2 Å². The number of carbonyl (C=O) groups is 1. The summed E-state index contributed by atoms with van der Waals surface area (Å²) in [4.78, 5) is 18.3. The number of nitrogens with one attached hydrogen (secondary N) is 2. The number of carbonyl (C=O) groups excluding carboxylic acids is 1. The van der Waals surface area contributed by atoms with E-state index in [2.05, 4.69) is 27.2 Å². The van der Waals surface area contributed by atoms with Gasteiger partial charge >= 0.3 is 0 Å². The summed E-state index contributed by atoms with van der Waals surface area (Å²) in [5.74, 6) is 0.420. The van der Waals surface area contributed by atoms with Crippen LogP contribution in [0.3, 0.4) is 0 Å². The van der Waals surface area contributed by atoms with Gasteiger partial charge in [-0.05, 0) is 54.3 Å². The maximum absolute atomic E-state index is 13.4. The van der Waals surface area contributed by atoms with Crippen molar-refractivity contribution in [2.75, 3.05) is 50.0 Å². The molecule has 3 aromatic rings. The van der Waals surface area contributed by atoms with Gasteiger partial charge in [0.05, 0.1) is 31.0 Å². The molecule has 3 fully saturated rings. The standard InChI is InChI=1S/C32H36ClN5O2/c33-28-4-2-1-3-26(28)30(17-21-5-6-21)36-32(39)23-9-12-29(34)27(18-23)31(35)22-7-10-24(11-8-22)37-13-15-38(16-14-37)25-19-40-20-25/h1-4,7-12,18,21,25,30,35H,5-6,13-17,19-20,34H2,(H,36,39). The summed E-state index contributed by atoms with van der Waals surface area (Å²) in [6.07, 6.45) is 3.24. The predicted molar refractivity (Wildman–Crippen MR) is 161 cm³/mol. The number of anilines is 2. The summed E-state index contributed by atoms with van der Waals surface area (Å²) < 4.78 is 5.34. The molecule has 1 unspecified atom stereocenters. The van der Waals surface area contributed by atoms with Crippen molar-refractivity contribution in [1.82, 2.24) is 10.2 Å². The van der Waals surface area contributed by atoms with Crippen molar-refractivity contribution in [2.45, 2.75) is 31.3 Å². The van der Waals surface area contributed by atoms with E-state index in [-0.39, 0.29) is 11.9 Å². The second kappa shape index (κ2) is 11.6. The molecule has 1 saturated carbocycles. The molecule has 8 heteroatoms. The molecule has 208 valence electrons. The molecule has 0 radical (unpaired) electrons. The first-order valence-electron chi connectivity index (χ1n) is 14.2. The van der Waals surface area contributed by atoms with Crippen molar-refractivity contribution >= 4 is 34.6 Å². The molecule has 6 rings (SSSR count). The molecule has 0 aromatic heterocycles. The molecule has 0 bridgehead atoms. The highest BCUT2D eigenvalue weighted by molar-refractivity contribution is 6.31. The lowest BCUT2D eigenvalue weighted by atomic mass is 9.97. The molecule has 3 aliphatic rings. The zero-order chi connectivity index (χ0) is 27.6. The van der Waals surface area contributed by atoms with Gasteiger partial charge in [0.25, 0.3) is 5.91 Å². The summed E-state index contributed by atoms with van der Waals surface area (Å²) in [5, 5.41) is 12.8. The molecule has 0 spiro atoms. The Morgan fingerprint density at radius 2 is 1.70 bits per heavy atom. The molecular weight excluding hydrogens is 522 g/mol. The minimum atomic E-state index is -0.192. The summed E-state index contributed by atoms with van der Waals surface area (Å²) in [5.41, 5.74) is 11.0. The number of halogens is 1. The SMILES string of the molecule is N=C(c1ccc(N2CCN(C3COC3)CC2)cc1)c1cc(C(=O)NC(CC2CC2)c2ccccc2Cl)ccc1N. The Morgan fingerprint density at radius 3 is 2.35 bits per heavy atom. The number of benzene rings is 3. The molecule has 2 heterocycles. The van der Waals surface area contributed by atoms with Crippen LogP contribution < -0.4 is 16.0 Å². The Balaban J connectivity index is 1.14. The first-order valence-corrected chi connectivity index (χ1v) is 14.5. The minimum Gasteiger partial charge on any atom is -0.398 e. The van der Waals surface area contributed by atoms with E-state index in [9.17, 15) is 4.79 Å². The van der Waals surface area contributed by atoms with Crippen LogP contribution in [0.1, 0.15) is 52.4 Å². The number of nitrogens with zero attached hydrogens (tertiary/aromatic N) is 2. The van der Waals surface area contributed by atoms with E-state index < -0.39 is 0 Å². The van der Waals surface area contributed by atoms with Gasteiger partial charge in [0.15, 0.2) is 0 Å². The van der Waals surface area contributed by atoms with Crippen LogP contribution in [-0.2, 0) is 4.74 Å². The smallest absolute Gasteiger partial charge is 0.251 e. The fourth-order valence-corrected chi connectivity index (χ4v) is 5.91. The fraction of sp³-hybridized carbons (Fsp3) is 0.375. The molecular formula is C32H36ClN5O2. The number of nitrogen functional groups attached to an aromatic ring is 1. The Kier molecular flexibility index (Phi) is 7.78. The van der Waals surface area contributed by atoms with Crippen LogP contribution >= 0.6 is 11.6 Å². The quantitative estimate of drug-likeness (QED) is 0.250. The van der Waals surface area contributed by atoms with Gasteiger partial charge < -0.3 is 20.7 Å². The van der Waals surface area contributed by atoms with Crippen LogP contribution in [0.5, 0.6) is 0 Å². The number of ether oxygens (including phenoxy) is 1. The van der Waals surface area contributed by atoms with Gasteiger partial charge in [0, 0.05) is 59.3 Å². The molecule has 40 heavy (non-hydrogen) atoms. The molecule has 1 atom stereocenters. The van der Waals surface area contributed by atoms with Crippen LogP contribution in [0.15, 0.2) is 66.7 Å². The van der Waals surface area contributed by atoms with E-state index in [1.165, 1.54) is 12.8 Å². The second-order valence-electron chi connectivity index (χ2n) is 11.2.